The topological polar surface area (TPSA) is 82.5 Å². The third-order valence-corrected chi connectivity index (χ3v) is 3.22. The molecule has 23 heavy (non-hydrogen) atoms. The van der Waals surface area contributed by atoms with Crippen LogP contribution in [0, 0.1) is 6.92 Å². The third-order valence-electron chi connectivity index (χ3n) is 3.22. The number of aryl methyl sites for hydroxylation is 1. The van der Waals surface area contributed by atoms with E-state index in [1.165, 1.54) is 4.90 Å². The van der Waals surface area contributed by atoms with Crippen molar-refractivity contribution in [2.24, 2.45) is 0 Å². The molecule has 2 rings (SSSR count). The van der Waals surface area contributed by atoms with Gasteiger partial charge in [0.05, 0.1) is 6.61 Å². The molecule has 6 nitrogen and oxygen atoms in total. The first-order chi connectivity index (χ1) is 11.1. The van der Waals surface area contributed by atoms with E-state index in [1.54, 1.807) is 18.3 Å². The predicted octanol–water partition coefficient (Wildman–Crippen LogP) is 1.35. The Morgan fingerprint density at radius 1 is 1.17 bits per heavy atom. The number of benzene rings is 1. The average Bonchev–Trinajstić information content (AvgIpc) is 2.57. The van der Waals surface area contributed by atoms with Gasteiger partial charge in [0, 0.05) is 19.3 Å². The van der Waals surface area contributed by atoms with Gasteiger partial charge in [0.1, 0.15) is 5.82 Å². The van der Waals surface area contributed by atoms with Crippen molar-refractivity contribution in [1.82, 2.24) is 9.88 Å². The molecule has 0 radical (unpaired) electrons. The van der Waals surface area contributed by atoms with Crippen LogP contribution in [0.5, 0.6) is 0 Å². The molecule has 0 bridgehead atoms. The number of amides is 2. The smallest absolute Gasteiger partial charge is 0.315 e. The Hall–Kier alpha value is -2.73. The molecule has 0 saturated heterocycles. The van der Waals surface area contributed by atoms with Crippen LogP contribution in [0.1, 0.15) is 11.1 Å². The van der Waals surface area contributed by atoms with Crippen LogP contribution in [0.3, 0.4) is 0 Å². The van der Waals surface area contributed by atoms with Gasteiger partial charge in [0.15, 0.2) is 0 Å². The fourth-order valence-electron chi connectivity index (χ4n) is 2.03. The molecule has 120 valence electrons. The number of aromatic nitrogens is 1. The molecule has 0 aliphatic carbocycles. The molecule has 0 spiro atoms. The van der Waals surface area contributed by atoms with Gasteiger partial charge in [-0.1, -0.05) is 36.4 Å². The van der Waals surface area contributed by atoms with Crippen molar-refractivity contribution in [3.8, 4) is 0 Å². The Labute approximate surface area is 134 Å². The lowest BCUT2D eigenvalue weighted by atomic mass is 10.2. The van der Waals surface area contributed by atoms with Crippen LogP contribution in [0.4, 0.5) is 5.82 Å². The molecule has 0 atom stereocenters. The summed E-state index contributed by atoms with van der Waals surface area (Å²) in [5, 5.41) is 11.6. The van der Waals surface area contributed by atoms with Crippen LogP contribution in [-0.2, 0) is 16.1 Å². The van der Waals surface area contributed by atoms with E-state index in [1.807, 2.05) is 37.3 Å². The van der Waals surface area contributed by atoms with Gasteiger partial charge in [-0.25, -0.2) is 4.98 Å². The number of nitrogens with one attached hydrogen (secondary N) is 1. The van der Waals surface area contributed by atoms with Gasteiger partial charge in [0.25, 0.3) is 0 Å². The molecular weight excluding hydrogens is 294 g/mol. The number of pyridine rings is 1. The molecule has 0 saturated carbocycles. The normalized spacial score (nSPS) is 10.2. The van der Waals surface area contributed by atoms with Crippen molar-refractivity contribution >= 4 is 17.6 Å². The Balaban J connectivity index is 2.04. The van der Waals surface area contributed by atoms with Gasteiger partial charge in [-0.15, -0.1) is 0 Å². The maximum absolute atomic E-state index is 12.3. The molecule has 0 aliphatic heterocycles. The number of aliphatic hydroxyl groups excluding tert-OH is 1. The monoisotopic (exact) mass is 313 g/mol. The summed E-state index contributed by atoms with van der Waals surface area (Å²) in [7, 11) is 0. The Morgan fingerprint density at radius 2 is 1.91 bits per heavy atom. The number of nitrogens with zero attached hydrogens (tertiary/aromatic N) is 2. The SMILES string of the molecule is Cc1ccc(NC(=O)C(=O)N(CCO)Cc2ccccc2)nc1. The number of anilines is 1. The van der Waals surface area contributed by atoms with Crippen molar-refractivity contribution in [1.29, 1.82) is 0 Å². The van der Waals surface area contributed by atoms with E-state index in [2.05, 4.69) is 10.3 Å². The summed E-state index contributed by atoms with van der Waals surface area (Å²) < 4.78 is 0. The minimum absolute atomic E-state index is 0.0858. The highest BCUT2D eigenvalue weighted by Crippen LogP contribution is 2.07. The van der Waals surface area contributed by atoms with Crippen LogP contribution < -0.4 is 5.32 Å². The van der Waals surface area contributed by atoms with E-state index < -0.39 is 11.8 Å². The maximum Gasteiger partial charge on any atom is 0.315 e. The standard InChI is InChI=1S/C17H19N3O3/c1-13-7-8-15(18-11-13)19-16(22)17(23)20(9-10-21)12-14-5-3-2-4-6-14/h2-8,11,21H,9-10,12H2,1H3,(H,18,19,22). The first-order valence-corrected chi connectivity index (χ1v) is 7.28. The molecule has 2 N–H and O–H groups in total. The fraction of sp³-hybridized carbons (Fsp3) is 0.235. The second-order valence-electron chi connectivity index (χ2n) is 5.11. The van der Waals surface area contributed by atoms with E-state index in [-0.39, 0.29) is 19.7 Å². The van der Waals surface area contributed by atoms with E-state index in [4.69, 9.17) is 5.11 Å². The van der Waals surface area contributed by atoms with Crippen LogP contribution >= 0.6 is 0 Å². The van der Waals surface area contributed by atoms with Gasteiger partial charge in [-0.3, -0.25) is 9.59 Å². The molecule has 0 unspecified atom stereocenters. The lowest BCUT2D eigenvalue weighted by Crippen LogP contribution is -2.40. The van der Waals surface area contributed by atoms with Gasteiger partial charge in [-0.2, -0.15) is 0 Å². The summed E-state index contributed by atoms with van der Waals surface area (Å²) in [6.07, 6.45) is 1.61. The minimum atomic E-state index is -0.772. The first-order valence-electron chi connectivity index (χ1n) is 7.28. The number of aliphatic hydroxyl groups is 1. The number of hydrogen-bond acceptors (Lipinski definition) is 4. The fourth-order valence-corrected chi connectivity index (χ4v) is 2.03. The number of carbonyl (C=O) groups excluding carboxylic acids is 2. The zero-order valence-electron chi connectivity index (χ0n) is 12.9. The summed E-state index contributed by atoms with van der Waals surface area (Å²) in [5.74, 6) is -1.16. The quantitative estimate of drug-likeness (QED) is 0.816. The van der Waals surface area contributed by atoms with Crippen molar-refractivity contribution in [2.45, 2.75) is 13.5 Å². The van der Waals surface area contributed by atoms with E-state index >= 15 is 0 Å². The van der Waals surface area contributed by atoms with Crippen molar-refractivity contribution in [3.63, 3.8) is 0 Å². The lowest BCUT2D eigenvalue weighted by molar-refractivity contribution is -0.143. The van der Waals surface area contributed by atoms with Crippen molar-refractivity contribution in [2.75, 3.05) is 18.5 Å². The second kappa shape index (κ2) is 8.05. The molecule has 2 aromatic rings. The zero-order valence-corrected chi connectivity index (χ0v) is 12.9. The Morgan fingerprint density at radius 3 is 2.52 bits per heavy atom. The third kappa shape index (κ3) is 4.89. The summed E-state index contributed by atoms with van der Waals surface area (Å²) in [4.78, 5) is 29.7. The largest absolute Gasteiger partial charge is 0.395 e. The second-order valence-corrected chi connectivity index (χ2v) is 5.11. The minimum Gasteiger partial charge on any atom is -0.395 e. The van der Waals surface area contributed by atoms with E-state index in [0.717, 1.165) is 11.1 Å². The maximum atomic E-state index is 12.3. The summed E-state index contributed by atoms with van der Waals surface area (Å²) in [6.45, 7) is 2.01. The highest BCUT2D eigenvalue weighted by atomic mass is 16.3. The molecule has 0 fully saturated rings. The summed E-state index contributed by atoms with van der Waals surface area (Å²) >= 11 is 0. The summed E-state index contributed by atoms with van der Waals surface area (Å²) in [6, 6.07) is 12.7. The van der Waals surface area contributed by atoms with Crippen molar-refractivity contribution < 1.29 is 14.7 Å². The van der Waals surface area contributed by atoms with E-state index in [0.29, 0.717) is 5.82 Å². The molecule has 1 aromatic carbocycles. The Bertz CT molecular complexity index is 657. The van der Waals surface area contributed by atoms with Gasteiger partial charge in [-0.05, 0) is 24.1 Å². The zero-order chi connectivity index (χ0) is 16.7. The van der Waals surface area contributed by atoms with Gasteiger partial charge >= 0.3 is 11.8 Å². The van der Waals surface area contributed by atoms with Gasteiger partial charge in [0.2, 0.25) is 0 Å². The first kappa shape index (κ1) is 16.6. The molecule has 2 amide bonds. The Kier molecular flexibility index (Phi) is 5.82. The van der Waals surface area contributed by atoms with Gasteiger partial charge < -0.3 is 15.3 Å². The van der Waals surface area contributed by atoms with Crippen LogP contribution in [-0.4, -0.2) is 40.0 Å². The molecule has 1 aromatic heterocycles. The molecular formula is C17H19N3O3. The van der Waals surface area contributed by atoms with E-state index in [9.17, 15) is 9.59 Å². The lowest BCUT2D eigenvalue weighted by Gasteiger charge is -2.21. The molecule has 1 heterocycles. The number of rotatable bonds is 5. The highest BCUT2D eigenvalue weighted by molar-refractivity contribution is 6.39. The van der Waals surface area contributed by atoms with Crippen LogP contribution in [0.2, 0.25) is 0 Å². The number of carbonyl (C=O) groups is 2. The van der Waals surface area contributed by atoms with Crippen molar-refractivity contribution in [3.05, 3.63) is 59.8 Å². The molecule has 0 aliphatic rings. The molecule has 6 heteroatoms. The predicted molar refractivity (Wildman–Crippen MR) is 86.5 cm³/mol. The average molecular weight is 313 g/mol. The van der Waals surface area contributed by atoms with Crippen LogP contribution in [0.25, 0.3) is 0 Å². The van der Waals surface area contributed by atoms with Crippen LogP contribution in [0.15, 0.2) is 48.7 Å². The summed E-state index contributed by atoms with van der Waals surface area (Å²) in [5.41, 5.74) is 1.84. The number of hydrogen-bond donors (Lipinski definition) is 2. The highest BCUT2D eigenvalue weighted by Gasteiger charge is 2.22.